The number of nitro groups is 1. The van der Waals surface area contributed by atoms with Gasteiger partial charge in [-0.1, -0.05) is 6.92 Å². The number of nitrogens with zero attached hydrogens (tertiary/aromatic N) is 3. The van der Waals surface area contributed by atoms with Crippen molar-refractivity contribution < 1.29 is 9.72 Å². The highest BCUT2D eigenvalue weighted by molar-refractivity contribution is 9.10. The van der Waals surface area contributed by atoms with E-state index in [9.17, 15) is 14.9 Å². The van der Waals surface area contributed by atoms with E-state index >= 15 is 0 Å². The van der Waals surface area contributed by atoms with Crippen LogP contribution in [-0.2, 0) is 0 Å². The largest absolute Gasteiger partial charge is 0.366 e. The highest BCUT2D eigenvalue weighted by atomic mass is 79.9. The third-order valence-corrected chi connectivity index (χ3v) is 5.66. The third kappa shape index (κ3) is 4.44. The van der Waals surface area contributed by atoms with Gasteiger partial charge in [-0.3, -0.25) is 14.9 Å². The number of benzene rings is 1. The van der Waals surface area contributed by atoms with E-state index < -0.39 is 10.8 Å². The summed E-state index contributed by atoms with van der Waals surface area (Å²) in [5.41, 5.74) is 1.50. The van der Waals surface area contributed by atoms with Crippen LogP contribution in [0, 0.1) is 23.0 Å². The maximum Gasteiger partial charge on any atom is 0.293 e. The number of nitro benzene ring substituents is 1. The quantitative estimate of drug-likeness (QED) is 0.565. The molecule has 1 amide bonds. The van der Waals surface area contributed by atoms with Crippen LogP contribution >= 0.6 is 15.9 Å². The fraction of sp³-hybridized carbons (Fsp3) is 0.368. The summed E-state index contributed by atoms with van der Waals surface area (Å²) in [6.45, 7) is 5.58. The predicted octanol–water partition coefficient (Wildman–Crippen LogP) is 4.55. The zero-order valence-corrected chi connectivity index (χ0v) is 16.8. The zero-order chi connectivity index (χ0) is 19.6. The van der Waals surface area contributed by atoms with Gasteiger partial charge in [-0.05, 0) is 65.9 Å². The minimum atomic E-state index is -0.425. The number of hydrogen-bond acceptors (Lipinski definition) is 5. The van der Waals surface area contributed by atoms with Gasteiger partial charge in [0.1, 0.15) is 11.5 Å². The zero-order valence-electron chi connectivity index (χ0n) is 15.2. The van der Waals surface area contributed by atoms with Crippen molar-refractivity contribution >= 4 is 39.0 Å². The number of hydrogen-bond donors (Lipinski definition) is 1. The summed E-state index contributed by atoms with van der Waals surface area (Å²) in [5, 5.41) is 14.3. The first kappa shape index (κ1) is 19.3. The van der Waals surface area contributed by atoms with Crippen molar-refractivity contribution in [2.45, 2.75) is 26.7 Å². The van der Waals surface area contributed by atoms with Crippen LogP contribution in [0.3, 0.4) is 0 Å². The van der Waals surface area contributed by atoms with Crippen molar-refractivity contribution in [2.75, 3.05) is 23.3 Å². The Morgan fingerprint density at radius 3 is 2.63 bits per heavy atom. The summed E-state index contributed by atoms with van der Waals surface area (Å²) in [4.78, 5) is 30.0. The molecule has 0 spiro atoms. The second-order valence-electron chi connectivity index (χ2n) is 6.85. The Kier molecular flexibility index (Phi) is 5.74. The fourth-order valence-electron chi connectivity index (χ4n) is 3.13. The monoisotopic (exact) mass is 432 g/mol. The number of aromatic nitrogens is 1. The molecule has 1 saturated heterocycles. The highest BCUT2D eigenvalue weighted by Crippen LogP contribution is 2.32. The molecule has 3 rings (SSSR count). The van der Waals surface area contributed by atoms with E-state index in [-0.39, 0.29) is 11.3 Å². The molecule has 1 N–H and O–H groups in total. The average molecular weight is 433 g/mol. The van der Waals surface area contributed by atoms with Gasteiger partial charge in [0.2, 0.25) is 0 Å². The molecule has 0 unspecified atom stereocenters. The molecule has 1 fully saturated rings. The van der Waals surface area contributed by atoms with Gasteiger partial charge >= 0.3 is 0 Å². The lowest BCUT2D eigenvalue weighted by molar-refractivity contribution is -0.384. The van der Waals surface area contributed by atoms with Crippen LogP contribution in [0.1, 0.15) is 35.8 Å². The number of pyridine rings is 1. The molecule has 142 valence electrons. The van der Waals surface area contributed by atoms with Crippen LogP contribution in [0.5, 0.6) is 0 Å². The maximum absolute atomic E-state index is 12.5. The minimum Gasteiger partial charge on any atom is -0.366 e. The Balaban J connectivity index is 1.83. The smallest absolute Gasteiger partial charge is 0.293 e. The molecule has 7 nitrogen and oxygen atoms in total. The molecule has 1 aromatic heterocycles. The van der Waals surface area contributed by atoms with E-state index in [1.54, 1.807) is 24.3 Å². The molecule has 8 heteroatoms. The van der Waals surface area contributed by atoms with Crippen molar-refractivity contribution in [2.24, 2.45) is 5.92 Å². The Bertz CT molecular complexity index is 879. The van der Waals surface area contributed by atoms with Crippen LogP contribution < -0.4 is 10.2 Å². The number of halogens is 1. The van der Waals surface area contributed by atoms with Gasteiger partial charge < -0.3 is 10.2 Å². The number of piperidine rings is 1. The molecule has 2 aromatic rings. The summed E-state index contributed by atoms with van der Waals surface area (Å²) in [6.07, 6.45) is 2.02. The van der Waals surface area contributed by atoms with Crippen molar-refractivity contribution in [3.8, 4) is 0 Å². The maximum atomic E-state index is 12.5. The van der Waals surface area contributed by atoms with Gasteiger partial charge in [0.15, 0.2) is 0 Å². The number of carbonyl (C=O) groups is 1. The summed E-state index contributed by atoms with van der Waals surface area (Å²) in [5.74, 6) is 0.607. The molecule has 0 saturated carbocycles. The standard InChI is InChI=1S/C19H21BrN4O3/c1-12-7-9-23(10-8-12)16-5-3-14(11-17(16)24(26)27)19(25)22-18-6-4-15(20)13(2)21-18/h3-6,11-12H,7-10H2,1-2H3,(H,21,22,25). The summed E-state index contributed by atoms with van der Waals surface area (Å²) in [6, 6.07) is 8.10. The van der Waals surface area contributed by atoms with Crippen molar-refractivity contribution in [3.63, 3.8) is 0 Å². The second-order valence-corrected chi connectivity index (χ2v) is 7.70. The second kappa shape index (κ2) is 8.04. The van der Waals surface area contributed by atoms with Gasteiger partial charge in [0.05, 0.1) is 10.6 Å². The number of aryl methyl sites for hydroxylation is 1. The lowest BCUT2D eigenvalue weighted by Gasteiger charge is -2.31. The first-order valence-electron chi connectivity index (χ1n) is 8.83. The summed E-state index contributed by atoms with van der Waals surface area (Å²) >= 11 is 3.36. The molecule has 0 atom stereocenters. The van der Waals surface area contributed by atoms with Gasteiger partial charge in [0.25, 0.3) is 11.6 Å². The molecule has 1 aromatic carbocycles. The van der Waals surface area contributed by atoms with E-state index in [0.717, 1.165) is 36.1 Å². The normalized spacial score (nSPS) is 14.9. The van der Waals surface area contributed by atoms with Crippen LogP contribution in [0.4, 0.5) is 17.2 Å². The Hall–Kier alpha value is -2.48. The number of nitrogens with one attached hydrogen (secondary N) is 1. The molecule has 0 radical (unpaired) electrons. The van der Waals surface area contributed by atoms with E-state index in [2.05, 4.69) is 33.2 Å². The van der Waals surface area contributed by atoms with Crippen molar-refractivity contribution in [3.05, 3.63) is 56.2 Å². The number of amides is 1. The van der Waals surface area contributed by atoms with Crippen LogP contribution in [0.25, 0.3) is 0 Å². The first-order valence-corrected chi connectivity index (χ1v) is 9.62. The summed E-state index contributed by atoms with van der Waals surface area (Å²) in [7, 11) is 0. The van der Waals surface area contributed by atoms with Gasteiger partial charge in [-0.25, -0.2) is 4.98 Å². The molecular weight excluding hydrogens is 412 g/mol. The van der Waals surface area contributed by atoms with Gasteiger partial charge in [-0.2, -0.15) is 0 Å². The van der Waals surface area contributed by atoms with E-state index in [4.69, 9.17) is 0 Å². The number of rotatable bonds is 4. The van der Waals surface area contributed by atoms with Crippen LogP contribution in [-0.4, -0.2) is 28.9 Å². The molecular formula is C19H21BrN4O3. The minimum absolute atomic E-state index is 0.0443. The predicted molar refractivity (Wildman–Crippen MR) is 108 cm³/mol. The van der Waals surface area contributed by atoms with Crippen molar-refractivity contribution in [1.29, 1.82) is 0 Å². The van der Waals surface area contributed by atoms with E-state index in [0.29, 0.717) is 17.4 Å². The topological polar surface area (TPSA) is 88.4 Å². The van der Waals surface area contributed by atoms with Crippen molar-refractivity contribution in [1.82, 2.24) is 4.98 Å². The molecule has 1 aliphatic heterocycles. The van der Waals surface area contributed by atoms with Gasteiger partial charge in [0, 0.05) is 29.2 Å². The fourth-order valence-corrected chi connectivity index (χ4v) is 3.35. The van der Waals surface area contributed by atoms with E-state index in [1.165, 1.54) is 6.07 Å². The first-order chi connectivity index (χ1) is 12.8. The Morgan fingerprint density at radius 1 is 1.30 bits per heavy atom. The molecule has 0 bridgehead atoms. The number of anilines is 2. The van der Waals surface area contributed by atoms with Crippen LogP contribution in [0.2, 0.25) is 0 Å². The lowest BCUT2D eigenvalue weighted by atomic mass is 9.98. The number of carbonyl (C=O) groups excluding carboxylic acids is 1. The van der Waals surface area contributed by atoms with Gasteiger partial charge in [-0.15, -0.1) is 0 Å². The molecule has 1 aliphatic rings. The lowest BCUT2D eigenvalue weighted by Crippen LogP contribution is -2.33. The molecule has 0 aliphatic carbocycles. The average Bonchev–Trinajstić information content (AvgIpc) is 2.65. The van der Waals surface area contributed by atoms with E-state index in [1.807, 2.05) is 11.8 Å². The van der Waals surface area contributed by atoms with Crippen LogP contribution in [0.15, 0.2) is 34.8 Å². The highest BCUT2D eigenvalue weighted by Gasteiger charge is 2.24. The molecule has 27 heavy (non-hydrogen) atoms. The summed E-state index contributed by atoms with van der Waals surface area (Å²) < 4.78 is 0.844. The Labute approximate surface area is 166 Å². The SMILES string of the molecule is Cc1nc(NC(=O)c2ccc(N3CCC(C)CC3)c([N+](=O)[O-])c2)ccc1Br. The Morgan fingerprint density at radius 2 is 2.00 bits per heavy atom. The molecule has 2 heterocycles. The third-order valence-electron chi connectivity index (χ3n) is 4.82.